The fraction of sp³-hybridized carbons (Fsp3) is 0.500. The van der Waals surface area contributed by atoms with Crippen molar-refractivity contribution >= 4 is 17.5 Å². The van der Waals surface area contributed by atoms with Gasteiger partial charge in [0.2, 0.25) is 0 Å². The van der Waals surface area contributed by atoms with Gasteiger partial charge in [0.05, 0.1) is 16.7 Å². The van der Waals surface area contributed by atoms with E-state index >= 15 is 0 Å². The van der Waals surface area contributed by atoms with Crippen LogP contribution in [0.3, 0.4) is 0 Å². The third-order valence-electron chi connectivity index (χ3n) is 3.67. The smallest absolute Gasteiger partial charge is 0.345 e. The van der Waals surface area contributed by atoms with Crippen molar-refractivity contribution in [1.29, 1.82) is 0 Å². The van der Waals surface area contributed by atoms with Crippen LogP contribution in [0.1, 0.15) is 41.6 Å². The molecule has 1 aliphatic rings. The van der Waals surface area contributed by atoms with Crippen LogP contribution >= 0.6 is 11.6 Å². The molecule has 2 nitrogen and oxygen atoms in total. The van der Waals surface area contributed by atoms with E-state index in [0.717, 1.165) is 18.9 Å². The molecule has 1 fully saturated rings. The molecule has 0 heterocycles. The molecule has 6 heteroatoms. The first-order chi connectivity index (χ1) is 9.38. The van der Waals surface area contributed by atoms with Gasteiger partial charge in [-0.25, -0.2) is 0 Å². The van der Waals surface area contributed by atoms with E-state index in [1.165, 1.54) is 18.2 Å². The maximum Gasteiger partial charge on any atom is 0.417 e. The Morgan fingerprint density at radius 2 is 1.85 bits per heavy atom. The highest BCUT2D eigenvalue weighted by molar-refractivity contribution is 6.19. The number of hydrogen-bond donors (Lipinski definition) is 1. The lowest BCUT2D eigenvalue weighted by atomic mass is 9.98. The highest BCUT2D eigenvalue weighted by Gasteiger charge is 2.38. The molecule has 0 aromatic heterocycles. The van der Waals surface area contributed by atoms with Gasteiger partial charge in [-0.1, -0.05) is 25.0 Å². The average molecular weight is 306 g/mol. The highest BCUT2D eigenvalue weighted by Crippen LogP contribution is 2.34. The normalized spacial score (nSPS) is 18.0. The molecule has 0 saturated heterocycles. The zero-order valence-corrected chi connectivity index (χ0v) is 11.5. The van der Waals surface area contributed by atoms with Crippen molar-refractivity contribution < 1.29 is 18.0 Å². The third-order valence-corrected chi connectivity index (χ3v) is 4.18. The molecule has 0 unspecified atom stereocenters. The Morgan fingerprint density at radius 3 is 2.40 bits per heavy atom. The first-order valence-corrected chi connectivity index (χ1v) is 6.96. The minimum absolute atomic E-state index is 0.215. The van der Waals surface area contributed by atoms with Crippen molar-refractivity contribution in [3.8, 4) is 0 Å². The monoisotopic (exact) mass is 305 g/mol. The largest absolute Gasteiger partial charge is 0.417 e. The van der Waals surface area contributed by atoms with E-state index in [2.05, 4.69) is 5.32 Å². The van der Waals surface area contributed by atoms with E-state index in [-0.39, 0.29) is 11.4 Å². The predicted octanol–water partition coefficient (Wildman–Crippen LogP) is 3.99. The molecular formula is C14H15ClF3NO. The number of carbonyl (C=O) groups excluding carboxylic acids is 1. The molecule has 1 aromatic carbocycles. The van der Waals surface area contributed by atoms with E-state index < -0.39 is 23.2 Å². The number of alkyl halides is 4. The first-order valence-electron chi connectivity index (χ1n) is 6.43. The van der Waals surface area contributed by atoms with Crippen molar-refractivity contribution in [2.45, 2.75) is 37.4 Å². The van der Waals surface area contributed by atoms with Crippen LogP contribution in [0.5, 0.6) is 0 Å². The number of hydrogen-bond acceptors (Lipinski definition) is 1. The third kappa shape index (κ3) is 3.08. The van der Waals surface area contributed by atoms with Crippen LogP contribution in [-0.2, 0) is 6.18 Å². The maximum atomic E-state index is 12.9. The lowest BCUT2D eigenvalue weighted by molar-refractivity contribution is -0.137. The summed E-state index contributed by atoms with van der Waals surface area (Å²) in [5, 5.41) is 2.70. The molecule has 0 radical (unpaired) electrons. The molecule has 1 aliphatic carbocycles. The van der Waals surface area contributed by atoms with Crippen LogP contribution < -0.4 is 5.32 Å². The zero-order chi connectivity index (χ0) is 14.8. The van der Waals surface area contributed by atoms with Gasteiger partial charge in [0.15, 0.2) is 0 Å². The van der Waals surface area contributed by atoms with Crippen molar-refractivity contribution in [3.63, 3.8) is 0 Å². The number of carbonyl (C=O) groups is 1. The Labute approximate surface area is 120 Å². The van der Waals surface area contributed by atoms with Gasteiger partial charge in [-0.3, -0.25) is 4.79 Å². The molecule has 0 spiro atoms. The fourth-order valence-electron chi connectivity index (χ4n) is 2.58. The number of rotatable bonds is 3. The summed E-state index contributed by atoms with van der Waals surface area (Å²) in [6.45, 7) is 0. The maximum absolute atomic E-state index is 12.9. The number of amides is 1. The van der Waals surface area contributed by atoms with Crippen molar-refractivity contribution in [3.05, 3.63) is 35.4 Å². The minimum Gasteiger partial charge on any atom is -0.345 e. The summed E-state index contributed by atoms with van der Waals surface area (Å²) in [5.74, 6) is -0.493. The molecule has 110 valence electrons. The van der Waals surface area contributed by atoms with Gasteiger partial charge in [-0.15, -0.1) is 11.6 Å². The van der Waals surface area contributed by atoms with E-state index in [4.69, 9.17) is 11.6 Å². The molecule has 2 rings (SSSR count). The summed E-state index contributed by atoms with van der Waals surface area (Å²) < 4.78 is 38.7. The second kappa shape index (κ2) is 5.64. The molecule has 0 atom stereocenters. The van der Waals surface area contributed by atoms with E-state index in [1.807, 2.05) is 0 Å². The van der Waals surface area contributed by atoms with Crippen molar-refractivity contribution in [1.82, 2.24) is 5.32 Å². The van der Waals surface area contributed by atoms with Crippen LogP contribution in [0.4, 0.5) is 13.2 Å². The minimum atomic E-state index is -4.54. The van der Waals surface area contributed by atoms with Crippen molar-refractivity contribution in [2.24, 2.45) is 0 Å². The van der Waals surface area contributed by atoms with Crippen molar-refractivity contribution in [2.75, 3.05) is 5.88 Å². The molecule has 1 N–H and O–H groups in total. The number of halogens is 4. The highest BCUT2D eigenvalue weighted by atomic mass is 35.5. The number of nitrogens with one attached hydrogen (secondary N) is 1. The molecule has 1 aromatic rings. The van der Waals surface area contributed by atoms with E-state index in [0.29, 0.717) is 12.8 Å². The Hall–Kier alpha value is -1.23. The van der Waals surface area contributed by atoms with Crippen LogP contribution in [-0.4, -0.2) is 17.3 Å². The molecular weight excluding hydrogens is 291 g/mol. The van der Waals surface area contributed by atoms with Gasteiger partial charge in [0, 0.05) is 5.88 Å². The second-order valence-electron chi connectivity index (χ2n) is 5.12. The molecule has 1 saturated carbocycles. The SMILES string of the molecule is O=C(NC1(CCl)CCCC1)c1ccccc1C(F)(F)F. The summed E-state index contributed by atoms with van der Waals surface area (Å²) in [6.07, 6.45) is -1.29. The Balaban J connectivity index is 2.26. The Bertz CT molecular complexity index is 495. The summed E-state index contributed by atoms with van der Waals surface area (Å²) in [4.78, 5) is 12.2. The van der Waals surface area contributed by atoms with Crippen LogP contribution in [0.25, 0.3) is 0 Å². The van der Waals surface area contributed by atoms with Crippen LogP contribution in [0, 0.1) is 0 Å². The van der Waals surface area contributed by atoms with Gasteiger partial charge in [0.25, 0.3) is 5.91 Å². The molecule has 20 heavy (non-hydrogen) atoms. The Morgan fingerprint density at radius 1 is 1.25 bits per heavy atom. The fourth-order valence-corrected chi connectivity index (χ4v) is 2.91. The average Bonchev–Trinajstić information content (AvgIpc) is 2.87. The van der Waals surface area contributed by atoms with Gasteiger partial charge >= 0.3 is 6.18 Å². The molecule has 0 aliphatic heterocycles. The standard InChI is InChI=1S/C14H15ClF3NO/c15-9-13(7-3-4-8-13)19-12(20)10-5-1-2-6-11(10)14(16,17)18/h1-2,5-6H,3-4,7-9H2,(H,19,20). The van der Waals surface area contributed by atoms with Gasteiger partial charge in [-0.2, -0.15) is 13.2 Å². The quantitative estimate of drug-likeness (QED) is 0.841. The second-order valence-corrected chi connectivity index (χ2v) is 5.39. The van der Waals surface area contributed by atoms with Gasteiger partial charge in [0.1, 0.15) is 0 Å². The van der Waals surface area contributed by atoms with Crippen LogP contribution in [0.2, 0.25) is 0 Å². The zero-order valence-electron chi connectivity index (χ0n) is 10.8. The van der Waals surface area contributed by atoms with Crippen LogP contribution in [0.15, 0.2) is 24.3 Å². The molecule has 0 bridgehead atoms. The summed E-state index contributed by atoms with van der Waals surface area (Å²) in [5.41, 5.74) is -1.84. The predicted molar refractivity (Wildman–Crippen MR) is 70.8 cm³/mol. The first kappa shape index (κ1) is 15.2. The van der Waals surface area contributed by atoms with E-state index in [1.54, 1.807) is 0 Å². The number of benzene rings is 1. The van der Waals surface area contributed by atoms with Gasteiger partial charge in [-0.05, 0) is 25.0 Å². The molecule has 1 amide bonds. The van der Waals surface area contributed by atoms with Gasteiger partial charge < -0.3 is 5.32 Å². The van der Waals surface area contributed by atoms with E-state index in [9.17, 15) is 18.0 Å². The lowest BCUT2D eigenvalue weighted by Gasteiger charge is -2.28. The summed E-state index contributed by atoms with van der Waals surface area (Å²) in [6, 6.07) is 4.80. The Kier molecular flexibility index (Phi) is 4.28. The topological polar surface area (TPSA) is 29.1 Å². The summed E-state index contributed by atoms with van der Waals surface area (Å²) in [7, 11) is 0. The summed E-state index contributed by atoms with van der Waals surface area (Å²) >= 11 is 5.89. The lowest BCUT2D eigenvalue weighted by Crippen LogP contribution is -2.48.